The average Bonchev–Trinajstić information content (AvgIpc) is 3.24. The summed E-state index contributed by atoms with van der Waals surface area (Å²) in [5.41, 5.74) is 12.2. The number of hydrogen-bond donors (Lipinski definition) is 3. The van der Waals surface area contributed by atoms with Crippen molar-refractivity contribution in [2.75, 3.05) is 11.1 Å². The van der Waals surface area contributed by atoms with Gasteiger partial charge in [-0.1, -0.05) is 42.5 Å². The van der Waals surface area contributed by atoms with Gasteiger partial charge in [-0.15, -0.1) is 0 Å². The number of H-pyrrole nitrogens is 1. The van der Waals surface area contributed by atoms with Gasteiger partial charge in [-0.3, -0.25) is 4.79 Å². The summed E-state index contributed by atoms with van der Waals surface area (Å²) in [5, 5.41) is 2.93. The number of nitrogen functional groups attached to an aromatic ring is 1. The van der Waals surface area contributed by atoms with Crippen LogP contribution in [0.4, 0.5) is 11.4 Å². The molecule has 1 aliphatic rings. The minimum absolute atomic E-state index is 0.157. The molecule has 1 amide bonds. The fourth-order valence-corrected chi connectivity index (χ4v) is 3.51. The van der Waals surface area contributed by atoms with Gasteiger partial charge in [0.05, 0.1) is 16.6 Å². The molecule has 1 aromatic heterocycles. The van der Waals surface area contributed by atoms with E-state index in [2.05, 4.69) is 10.3 Å². The normalized spacial score (nSPS) is 14.9. The van der Waals surface area contributed by atoms with Crippen LogP contribution in [0.3, 0.4) is 0 Å². The number of benzene rings is 3. The molecule has 4 aromatic rings. The van der Waals surface area contributed by atoms with Crippen LogP contribution < -0.4 is 11.1 Å². The molecule has 5 rings (SSSR count). The zero-order chi connectivity index (χ0) is 18.4. The van der Waals surface area contributed by atoms with Gasteiger partial charge < -0.3 is 16.0 Å². The molecule has 2 heterocycles. The number of nitrogens with one attached hydrogen (secondary N) is 2. The lowest BCUT2D eigenvalue weighted by Gasteiger charge is -2.09. The van der Waals surface area contributed by atoms with Gasteiger partial charge in [0.1, 0.15) is 5.82 Å². The summed E-state index contributed by atoms with van der Waals surface area (Å²) in [6, 6.07) is 23.1. The number of rotatable bonds is 2. The number of carbonyl (C=O) groups excluding carboxylic acids is 1. The Morgan fingerprint density at radius 2 is 1.70 bits per heavy atom. The van der Waals surface area contributed by atoms with Gasteiger partial charge in [0.25, 0.3) is 5.91 Å². The molecule has 5 nitrogen and oxygen atoms in total. The lowest BCUT2D eigenvalue weighted by molar-refractivity contribution is -0.110. The molecule has 0 saturated heterocycles. The van der Waals surface area contributed by atoms with Crippen LogP contribution in [0.15, 0.2) is 72.8 Å². The SMILES string of the molecule is Nc1ccc2c(c1)/C(=C(\c1ccccc1)c1nc3ccccc3[nH]1)C(=O)N2. The first-order valence-electron chi connectivity index (χ1n) is 8.67. The Hall–Kier alpha value is -3.86. The molecule has 0 unspecified atom stereocenters. The zero-order valence-electron chi connectivity index (χ0n) is 14.4. The highest BCUT2D eigenvalue weighted by molar-refractivity contribution is 6.38. The predicted octanol–water partition coefficient (Wildman–Crippen LogP) is 4.06. The second-order valence-electron chi connectivity index (χ2n) is 6.48. The number of imidazole rings is 1. The Kier molecular flexibility index (Phi) is 3.33. The van der Waals surface area contributed by atoms with Gasteiger partial charge in [-0.05, 0) is 35.9 Å². The highest BCUT2D eigenvalue weighted by Crippen LogP contribution is 2.40. The molecular weight excluding hydrogens is 336 g/mol. The zero-order valence-corrected chi connectivity index (χ0v) is 14.4. The van der Waals surface area contributed by atoms with Crippen molar-refractivity contribution in [2.24, 2.45) is 0 Å². The lowest BCUT2D eigenvalue weighted by Crippen LogP contribution is -2.07. The molecule has 4 N–H and O–H groups in total. The topological polar surface area (TPSA) is 83.8 Å². The maximum Gasteiger partial charge on any atom is 0.257 e. The summed E-state index contributed by atoms with van der Waals surface area (Å²) in [5.74, 6) is 0.498. The molecule has 0 aliphatic carbocycles. The number of anilines is 2. The number of aromatic nitrogens is 2. The summed E-state index contributed by atoms with van der Waals surface area (Å²) in [6.07, 6.45) is 0. The van der Waals surface area contributed by atoms with Gasteiger partial charge in [0.15, 0.2) is 0 Å². The van der Waals surface area contributed by atoms with Gasteiger partial charge in [-0.25, -0.2) is 4.98 Å². The van der Waals surface area contributed by atoms with Crippen molar-refractivity contribution >= 4 is 39.5 Å². The highest BCUT2D eigenvalue weighted by Gasteiger charge is 2.30. The van der Waals surface area contributed by atoms with Crippen molar-refractivity contribution in [2.45, 2.75) is 0 Å². The van der Waals surface area contributed by atoms with Crippen LogP contribution in [0.1, 0.15) is 17.0 Å². The van der Waals surface area contributed by atoms with E-state index in [4.69, 9.17) is 10.7 Å². The first-order valence-corrected chi connectivity index (χ1v) is 8.67. The molecule has 130 valence electrons. The van der Waals surface area contributed by atoms with E-state index in [1.165, 1.54) is 0 Å². The van der Waals surface area contributed by atoms with Crippen LogP contribution in [0.2, 0.25) is 0 Å². The van der Waals surface area contributed by atoms with E-state index < -0.39 is 0 Å². The molecule has 0 atom stereocenters. The fraction of sp³-hybridized carbons (Fsp3) is 0. The number of hydrogen-bond acceptors (Lipinski definition) is 3. The third kappa shape index (κ3) is 2.48. The summed E-state index contributed by atoms with van der Waals surface area (Å²) in [6.45, 7) is 0. The minimum atomic E-state index is -0.157. The highest BCUT2D eigenvalue weighted by atomic mass is 16.2. The molecule has 1 aliphatic heterocycles. The third-order valence-corrected chi connectivity index (χ3v) is 4.73. The minimum Gasteiger partial charge on any atom is -0.399 e. The molecular formula is C22H16N4O. The second-order valence-corrected chi connectivity index (χ2v) is 6.48. The van der Waals surface area contributed by atoms with Crippen LogP contribution >= 0.6 is 0 Å². The number of nitrogens with zero attached hydrogens (tertiary/aromatic N) is 1. The standard InChI is InChI=1S/C22H16N4O/c23-14-10-11-16-15(12-14)20(22(27)26-16)19(13-6-2-1-3-7-13)21-24-17-8-4-5-9-18(17)25-21/h1-12H,23H2,(H,24,25)(H,26,27)/b20-19-. The second kappa shape index (κ2) is 5.85. The fourth-order valence-electron chi connectivity index (χ4n) is 3.51. The quantitative estimate of drug-likeness (QED) is 0.376. The largest absolute Gasteiger partial charge is 0.399 e. The van der Waals surface area contributed by atoms with E-state index >= 15 is 0 Å². The Morgan fingerprint density at radius 1 is 0.926 bits per heavy atom. The van der Waals surface area contributed by atoms with Crippen molar-refractivity contribution in [3.8, 4) is 0 Å². The molecule has 0 spiro atoms. The van der Waals surface area contributed by atoms with Crippen LogP contribution in [-0.4, -0.2) is 15.9 Å². The Bertz CT molecular complexity index is 1190. The Labute approximate surface area is 155 Å². The average molecular weight is 352 g/mol. The maximum atomic E-state index is 12.9. The summed E-state index contributed by atoms with van der Waals surface area (Å²) < 4.78 is 0. The summed E-state index contributed by atoms with van der Waals surface area (Å²) in [4.78, 5) is 21.0. The summed E-state index contributed by atoms with van der Waals surface area (Å²) >= 11 is 0. The molecule has 27 heavy (non-hydrogen) atoms. The van der Waals surface area contributed by atoms with Crippen LogP contribution in [0, 0.1) is 0 Å². The Balaban J connectivity index is 1.85. The van der Waals surface area contributed by atoms with Crippen molar-refractivity contribution in [3.05, 3.63) is 89.7 Å². The molecule has 3 aromatic carbocycles. The number of carbonyl (C=O) groups is 1. The van der Waals surface area contributed by atoms with Crippen LogP contribution in [0.25, 0.3) is 22.2 Å². The van der Waals surface area contributed by atoms with Gasteiger partial charge >= 0.3 is 0 Å². The van der Waals surface area contributed by atoms with E-state index in [1.807, 2.05) is 66.7 Å². The van der Waals surface area contributed by atoms with Crippen molar-refractivity contribution in [3.63, 3.8) is 0 Å². The van der Waals surface area contributed by atoms with Crippen molar-refractivity contribution in [1.82, 2.24) is 9.97 Å². The van der Waals surface area contributed by atoms with E-state index in [1.54, 1.807) is 6.07 Å². The number of fused-ring (bicyclic) bond motifs is 2. The van der Waals surface area contributed by atoms with Gasteiger partial charge in [-0.2, -0.15) is 0 Å². The van der Waals surface area contributed by atoms with E-state index in [-0.39, 0.29) is 5.91 Å². The Morgan fingerprint density at radius 3 is 2.52 bits per heavy atom. The molecule has 5 heteroatoms. The monoisotopic (exact) mass is 352 g/mol. The lowest BCUT2D eigenvalue weighted by atomic mass is 9.94. The van der Waals surface area contributed by atoms with Gasteiger partial charge in [0, 0.05) is 22.5 Å². The first-order chi connectivity index (χ1) is 13.2. The number of nitrogens with two attached hydrogens (primary N) is 1. The molecule has 0 radical (unpaired) electrons. The summed E-state index contributed by atoms with van der Waals surface area (Å²) in [7, 11) is 0. The van der Waals surface area contributed by atoms with Gasteiger partial charge in [0.2, 0.25) is 0 Å². The van der Waals surface area contributed by atoms with Crippen molar-refractivity contribution < 1.29 is 4.79 Å². The number of aromatic amines is 1. The molecule has 0 fully saturated rings. The van der Waals surface area contributed by atoms with Crippen LogP contribution in [-0.2, 0) is 4.79 Å². The van der Waals surface area contributed by atoms with E-state index in [0.29, 0.717) is 17.1 Å². The molecule has 0 saturated carbocycles. The third-order valence-electron chi connectivity index (χ3n) is 4.73. The maximum absolute atomic E-state index is 12.9. The predicted molar refractivity (Wildman–Crippen MR) is 108 cm³/mol. The van der Waals surface area contributed by atoms with Crippen LogP contribution in [0.5, 0.6) is 0 Å². The smallest absolute Gasteiger partial charge is 0.257 e. The van der Waals surface area contributed by atoms with E-state index in [0.717, 1.165) is 33.4 Å². The molecule has 0 bridgehead atoms. The van der Waals surface area contributed by atoms with Crippen molar-refractivity contribution in [1.29, 1.82) is 0 Å². The first kappa shape index (κ1) is 15.4. The van der Waals surface area contributed by atoms with E-state index in [9.17, 15) is 4.79 Å². The number of para-hydroxylation sites is 2. The number of amides is 1.